The number of aliphatic hydroxyl groups is 1. The smallest absolute Gasteiger partial charge is 0.334 e. The summed E-state index contributed by atoms with van der Waals surface area (Å²) in [7, 11) is 0. The van der Waals surface area contributed by atoms with E-state index in [1.807, 2.05) is 20.8 Å². The molecule has 6 heteroatoms. The highest BCUT2D eigenvalue weighted by Crippen LogP contribution is 2.19. The molecular formula is C10H20N2O4. The number of nitrogens with two attached hydrogens (primary N) is 1. The molecule has 0 radical (unpaired) electrons. The Bertz CT molecular complexity index is 260. The Labute approximate surface area is 94.8 Å². The number of hydrogen-bond acceptors (Lipinski definition) is 4. The Morgan fingerprint density at radius 2 is 1.88 bits per heavy atom. The van der Waals surface area contributed by atoms with Crippen LogP contribution in [0.5, 0.6) is 0 Å². The molecule has 0 heterocycles. The van der Waals surface area contributed by atoms with Gasteiger partial charge in [0.1, 0.15) is 0 Å². The van der Waals surface area contributed by atoms with Gasteiger partial charge in [-0.15, -0.1) is 0 Å². The molecule has 6 nitrogen and oxygen atoms in total. The molecule has 0 aromatic heterocycles. The normalized spacial score (nSPS) is 15.3. The maximum Gasteiger partial charge on any atom is 0.334 e. The fraction of sp³-hybridized carbons (Fsp3) is 0.800. The van der Waals surface area contributed by atoms with Crippen LogP contribution < -0.4 is 11.1 Å². The minimum absolute atomic E-state index is 0.107. The lowest BCUT2D eigenvalue weighted by Gasteiger charge is -2.26. The highest BCUT2D eigenvalue weighted by Gasteiger charge is 2.23. The number of nitrogens with one attached hydrogen (secondary N) is 1. The van der Waals surface area contributed by atoms with E-state index in [0.29, 0.717) is 0 Å². The average molecular weight is 232 g/mol. The molecule has 0 bridgehead atoms. The molecule has 0 saturated heterocycles. The number of hydrogen-bond donors (Lipinski definition) is 4. The monoisotopic (exact) mass is 232 g/mol. The van der Waals surface area contributed by atoms with Crippen LogP contribution in [0.15, 0.2) is 0 Å². The fourth-order valence-corrected chi connectivity index (χ4v) is 0.876. The second-order valence-electron chi connectivity index (χ2n) is 4.83. The molecule has 16 heavy (non-hydrogen) atoms. The van der Waals surface area contributed by atoms with Crippen LogP contribution in [0.3, 0.4) is 0 Å². The zero-order valence-corrected chi connectivity index (χ0v) is 9.86. The second-order valence-corrected chi connectivity index (χ2v) is 4.83. The van der Waals surface area contributed by atoms with Crippen LogP contribution in [0.25, 0.3) is 0 Å². The molecule has 0 fully saturated rings. The van der Waals surface area contributed by atoms with Crippen molar-refractivity contribution < 1.29 is 19.8 Å². The lowest BCUT2D eigenvalue weighted by molar-refractivity contribution is -0.146. The SMILES string of the molecule is CC(C)(C)C(N)CC(=O)NC[C@H](O)C(=O)O. The molecule has 0 aromatic carbocycles. The van der Waals surface area contributed by atoms with E-state index in [2.05, 4.69) is 5.32 Å². The Hall–Kier alpha value is -1.14. The third kappa shape index (κ3) is 5.67. The van der Waals surface area contributed by atoms with Gasteiger partial charge in [-0.3, -0.25) is 4.79 Å². The van der Waals surface area contributed by atoms with Crippen LogP contribution in [-0.4, -0.2) is 40.8 Å². The molecule has 0 aliphatic carbocycles. The third-order valence-corrected chi connectivity index (χ3v) is 2.30. The summed E-state index contributed by atoms with van der Waals surface area (Å²) in [6.45, 7) is 5.44. The molecule has 0 spiro atoms. The van der Waals surface area contributed by atoms with Crippen LogP contribution in [-0.2, 0) is 9.59 Å². The van der Waals surface area contributed by atoms with Gasteiger partial charge in [0.15, 0.2) is 6.10 Å². The van der Waals surface area contributed by atoms with Crippen molar-refractivity contribution in [1.82, 2.24) is 5.32 Å². The first-order valence-electron chi connectivity index (χ1n) is 5.07. The van der Waals surface area contributed by atoms with E-state index in [1.165, 1.54) is 0 Å². The van der Waals surface area contributed by atoms with Gasteiger partial charge in [-0.2, -0.15) is 0 Å². The van der Waals surface area contributed by atoms with Crippen molar-refractivity contribution in [2.45, 2.75) is 39.3 Å². The summed E-state index contributed by atoms with van der Waals surface area (Å²) >= 11 is 0. The topological polar surface area (TPSA) is 113 Å². The predicted octanol–water partition coefficient (Wildman–Crippen LogP) is -0.688. The Morgan fingerprint density at radius 1 is 1.38 bits per heavy atom. The summed E-state index contributed by atoms with van der Waals surface area (Å²) in [5, 5.41) is 19.6. The minimum Gasteiger partial charge on any atom is -0.479 e. The highest BCUT2D eigenvalue weighted by atomic mass is 16.4. The maximum atomic E-state index is 11.3. The van der Waals surface area contributed by atoms with Gasteiger partial charge in [-0.25, -0.2) is 4.79 Å². The number of aliphatic carboxylic acids is 1. The largest absolute Gasteiger partial charge is 0.479 e. The Morgan fingerprint density at radius 3 is 2.25 bits per heavy atom. The Balaban J connectivity index is 3.97. The lowest BCUT2D eigenvalue weighted by Crippen LogP contribution is -2.42. The molecule has 1 amide bonds. The van der Waals surface area contributed by atoms with Gasteiger partial charge in [0, 0.05) is 12.5 Å². The van der Waals surface area contributed by atoms with E-state index in [0.717, 1.165) is 0 Å². The van der Waals surface area contributed by atoms with E-state index in [9.17, 15) is 9.59 Å². The molecule has 2 atom stereocenters. The molecule has 0 saturated carbocycles. The van der Waals surface area contributed by atoms with Crippen LogP contribution in [0.1, 0.15) is 27.2 Å². The number of carbonyl (C=O) groups excluding carboxylic acids is 1. The van der Waals surface area contributed by atoms with E-state index in [4.69, 9.17) is 15.9 Å². The minimum atomic E-state index is -1.57. The van der Waals surface area contributed by atoms with E-state index >= 15 is 0 Å². The van der Waals surface area contributed by atoms with Crippen molar-refractivity contribution in [2.24, 2.45) is 11.1 Å². The zero-order valence-electron chi connectivity index (χ0n) is 9.86. The van der Waals surface area contributed by atoms with Gasteiger partial charge in [0.2, 0.25) is 5.91 Å². The first kappa shape index (κ1) is 14.9. The molecule has 0 aromatic rings. The highest BCUT2D eigenvalue weighted by molar-refractivity contribution is 5.78. The summed E-state index contributed by atoms with van der Waals surface area (Å²) in [6.07, 6.45) is -1.47. The number of aliphatic hydroxyl groups excluding tert-OH is 1. The zero-order chi connectivity index (χ0) is 12.9. The van der Waals surface area contributed by atoms with E-state index in [1.54, 1.807) is 0 Å². The van der Waals surface area contributed by atoms with Crippen molar-refractivity contribution in [3.63, 3.8) is 0 Å². The number of amides is 1. The van der Waals surface area contributed by atoms with Crippen molar-refractivity contribution in [2.75, 3.05) is 6.54 Å². The predicted molar refractivity (Wildman–Crippen MR) is 58.7 cm³/mol. The summed E-state index contributed by atoms with van der Waals surface area (Å²) in [5.41, 5.74) is 5.59. The van der Waals surface area contributed by atoms with Gasteiger partial charge in [-0.05, 0) is 5.41 Å². The summed E-state index contributed by atoms with van der Waals surface area (Å²) in [6, 6.07) is -0.311. The standard InChI is InChI=1S/C10H20N2O4/c1-10(2,3)7(11)4-8(14)12-5-6(13)9(15)16/h6-7,13H,4-5,11H2,1-3H3,(H,12,14)(H,15,16)/t6-,7?/m0/s1. The van der Waals surface area contributed by atoms with Crippen LogP contribution in [0.4, 0.5) is 0 Å². The van der Waals surface area contributed by atoms with Gasteiger partial charge < -0.3 is 21.3 Å². The number of carboxylic acid groups (broad SMARTS) is 1. The molecule has 1 unspecified atom stereocenters. The summed E-state index contributed by atoms with van der Waals surface area (Å²) < 4.78 is 0. The third-order valence-electron chi connectivity index (χ3n) is 2.30. The van der Waals surface area contributed by atoms with Crippen LogP contribution >= 0.6 is 0 Å². The molecular weight excluding hydrogens is 212 g/mol. The number of carboxylic acids is 1. The molecule has 0 rings (SSSR count). The van der Waals surface area contributed by atoms with Gasteiger partial charge in [0.25, 0.3) is 0 Å². The van der Waals surface area contributed by atoms with Crippen molar-refractivity contribution in [3.05, 3.63) is 0 Å². The molecule has 94 valence electrons. The first-order chi connectivity index (χ1) is 7.14. The summed E-state index contributed by atoms with van der Waals surface area (Å²) in [4.78, 5) is 21.6. The Kier molecular flexibility index (Phi) is 5.40. The summed E-state index contributed by atoms with van der Waals surface area (Å²) in [5.74, 6) is -1.72. The van der Waals surface area contributed by atoms with Gasteiger partial charge in [-0.1, -0.05) is 20.8 Å². The fourth-order valence-electron chi connectivity index (χ4n) is 0.876. The molecule has 0 aliphatic heterocycles. The lowest BCUT2D eigenvalue weighted by atomic mass is 9.85. The first-order valence-corrected chi connectivity index (χ1v) is 5.07. The average Bonchev–Trinajstić information content (AvgIpc) is 2.12. The second kappa shape index (κ2) is 5.81. The molecule has 0 aliphatic rings. The molecule has 5 N–H and O–H groups in total. The van der Waals surface area contributed by atoms with E-state index < -0.39 is 12.1 Å². The number of carbonyl (C=O) groups is 2. The van der Waals surface area contributed by atoms with Crippen LogP contribution in [0, 0.1) is 5.41 Å². The van der Waals surface area contributed by atoms with E-state index in [-0.39, 0.29) is 30.3 Å². The van der Waals surface area contributed by atoms with Gasteiger partial charge in [0.05, 0.1) is 6.54 Å². The van der Waals surface area contributed by atoms with Crippen molar-refractivity contribution >= 4 is 11.9 Å². The quantitative estimate of drug-likeness (QED) is 0.501. The van der Waals surface area contributed by atoms with Crippen molar-refractivity contribution in [1.29, 1.82) is 0 Å². The number of rotatable bonds is 5. The van der Waals surface area contributed by atoms with Gasteiger partial charge >= 0.3 is 5.97 Å². The van der Waals surface area contributed by atoms with Crippen LogP contribution in [0.2, 0.25) is 0 Å². The maximum absolute atomic E-state index is 11.3. The van der Waals surface area contributed by atoms with Crippen molar-refractivity contribution in [3.8, 4) is 0 Å².